The second-order valence-electron chi connectivity index (χ2n) is 8.18. The van der Waals surface area contributed by atoms with Gasteiger partial charge in [-0.15, -0.1) is 11.3 Å². The van der Waals surface area contributed by atoms with Crippen LogP contribution in [0.2, 0.25) is 0 Å². The maximum atomic E-state index is 13.1. The van der Waals surface area contributed by atoms with Crippen molar-refractivity contribution in [2.45, 2.75) is 57.5 Å². The van der Waals surface area contributed by atoms with Crippen LogP contribution >= 0.6 is 27.3 Å². The Hall–Kier alpha value is -1.99. The van der Waals surface area contributed by atoms with E-state index < -0.39 is 0 Å². The molecule has 1 unspecified atom stereocenters. The highest BCUT2D eigenvalue weighted by Crippen LogP contribution is 2.34. The van der Waals surface area contributed by atoms with Crippen molar-refractivity contribution >= 4 is 43.4 Å². The molecule has 1 aliphatic carbocycles. The van der Waals surface area contributed by atoms with Crippen LogP contribution in [0.25, 0.3) is 10.2 Å². The molecule has 0 saturated carbocycles. The molecule has 1 saturated heterocycles. The lowest BCUT2D eigenvalue weighted by Crippen LogP contribution is -2.32. The molecule has 1 atom stereocenters. The molecule has 2 aliphatic rings. The number of rotatable bonds is 4. The zero-order valence-corrected chi connectivity index (χ0v) is 19.2. The van der Waals surface area contributed by atoms with Crippen molar-refractivity contribution in [3.8, 4) is 0 Å². The van der Waals surface area contributed by atoms with E-state index in [2.05, 4.69) is 33.0 Å². The average molecular weight is 486 g/mol. The third-order valence-electron chi connectivity index (χ3n) is 6.31. The fourth-order valence-corrected chi connectivity index (χ4v) is 6.46. The molecule has 7 heteroatoms. The van der Waals surface area contributed by atoms with Gasteiger partial charge in [-0.05, 0) is 61.8 Å². The van der Waals surface area contributed by atoms with E-state index in [-0.39, 0.29) is 17.5 Å². The molecule has 1 aromatic carbocycles. The monoisotopic (exact) mass is 485 g/mol. The van der Waals surface area contributed by atoms with Crippen molar-refractivity contribution in [2.24, 2.45) is 0 Å². The highest BCUT2D eigenvalue weighted by atomic mass is 79.9. The molecule has 3 aromatic rings. The fourth-order valence-electron chi connectivity index (χ4n) is 4.83. The molecular weight excluding hydrogens is 462 g/mol. The Bertz CT molecular complexity index is 1170. The summed E-state index contributed by atoms with van der Waals surface area (Å²) in [6, 6.07) is 8.32. The second-order valence-corrected chi connectivity index (χ2v) is 10.2. The first kappa shape index (κ1) is 19.9. The van der Waals surface area contributed by atoms with Gasteiger partial charge in [-0.3, -0.25) is 14.2 Å². The van der Waals surface area contributed by atoms with Crippen LogP contribution in [-0.4, -0.2) is 26.9 Å². The van der Waals surface area contributed by atoms with Crippen LogP contribution in [0.5, 0.6) is 0 Å². The Balaban J connectivity index is 1.34. The highest BCUT2D eigenvalue weighted by molar-refractivity contribution is 9.10. The molecule has 3 heterocycles. The van der Waals surface area contributed by atoms with Crippen molar-refractivity contribution in [3.63, 3.8) is 0 Å². The standard InChI is InChI=1S/C23H24BrN3O2S/c24-16-6-3-5-15(13-16)18-8-4-11-27(18)20(28)10-12-26-14-25-22-21(23(26)29)17-7-1-2-9-19(17)30-22/h3,5-6,13-14,18H,1-2,4,7-12H2. The number of amides is 1. The summed E-state index contributed by atoms with van der Waals surface area (Å²) >= 11 is 5.19. The predicted molar refractivity (Wildman–Crippen MR) is 123 cm³/mol. The number of nitrogens with zero attached hydrogens (tertiary/aromatic N) is 3. The summed E-state index contributed by atoms with van der Waals surface area (Å²) < 4.78 is 2.66. The SMILES string of the molecule is O=C(CCn1cnc2sc3c(c2c1=O)CCCC3)N1CCCC1c1cccc(Br)c1. The molecular formula is C23H24BrN3O2S. The van der Waals surface area contributed by atoms with Gasteiger partial charge in [0.25, 0.3) is 5.56 Å². The minimum absolute atomic E-state index is 0.0113. The Morgan fingerprint density at radius 3 is 2.97 bits per heavy atom. The van der Waals surface area contributed by atoms with E-state index in [4.69, 9.17) is 0 Å². The molecule has 1 aliphatic heterocycles. The first-order chi connectivity index (χ1) is 14.6. The third-order valence-corrected chi connectivity index (χ3v) is 8.01. The summed E-state index contributed by atoms with van der Waals surface area (Å²) in [4.78, 5) is 34.8. The van der Waals surface area contributed by atoms with Crippen LogP contribution in [0.3, 0.4) is 0 Å². The summed E-state index contributed by atoms with van der Waals surface area (Å²) in [5, 5.41) is 0.790. The first-order valence-corrected chi connectivity index (χ1v) is 12.3. The fraction of sp³-hybridized carbons (Fsp3) is 0.435. The minimum Gasteiger partial charge on any atom is -0.336 e. The summed E-state index contributed by atoms with van der Waals surface area (Å²) in [6.07, 6.45) is 8.29. The summed E-state index contributed by atoms with van der Waals surface area (Å²) in [5.74, 6) is 0.108. The van der Waals surface area contributed by atoms with E-state index in [1.165, 1.54) is 22.4 Å². The largest absolute Gasteiger partial charge is 0.336 e. The Kier molecular flexibility index (Phi) is 5.50. The Morgan fingerprint density at radius 1 is 1.23 bits per heavy atom. The summed E-state index contributed by atoms with van der Waals surface area (Å²) in [6.45, 7) is 1.16. The lowest BCUT2D eigenvalue weighted by atomic mass is 9.97. The molecule has 1 amide bonds. The van der Waals surface area contributed by atoms with Crippen LogP contribution < -0.4 is 5.56 Å². The van der Waals surface area contributed by atoms with E-state index >= 15 is 0 Å². The molecule has 0 radical (unpaired) electrons. The van der Waals surface area contributed by atoms with Gasteiger partial charge >= 0.3 is 0 Å². The zero-order valence-electron chi connectivity index (χ0n) is 16.8. The predicted octanol–water partition coefficient (Wildman–Crippen LogP) is 4.85. The second kappa shape index (κ2) is 8.27. The molecule has 0 spiro atoms. The van der Waals surface area contributed by atoms with Gasteiger partial charge in [0, 0.05) is 28.9 Å². The molecule has 5 rings (SSSR count). The Morgan fingerprint density at radius 2 is 2.10 bits per heavy atom. The molecule has 0 N–H and O–H groups in total. The number of halogens is 1. The van der Waals surface area contributed by atoms with Gasteiger partial charge in [0.2, 0.25) is 5.91 Å². The number of fused-ring (bicyclic) bond motifs is 3. The molecule has 5 nitrogen and oxygen atoms in total. The van der Waals surface area contributed by atoms with Gasteiger partial charge in [-0.25, -0.2) is 4.98 Å². The van der Waals surface area contributed by atoms with E-state index in [1.807, 2.05) is 17.0 Å². The van der Waals surface area contributed by atoms with Crippen LogP contribution in [0, 0.1) is 0 Å². The smallest absolute Gasteiger partial charge is 0.262 e. The van der Waals surface area contributed by atoms with Gasteiger partial charge in [0.15, 0.2) is 0 Å². The maximum absolute atomic E-state index is 13.1. The Labute approximate surface area is 187 Å². The van der Waals surface area contributed by atoms with Crippen LogP contribution in [0.4, 0.5) is 0 Å². The minimum atomic E-state index is 0.0113. The number of thiophene rings is 1. The van der Waals surface area contributed by atoms with Crippen LogP contribution in [-0.2, 0) is 24.2 Å². The van der Waals surface area contributed by atoms with Crippen molar-refractivity contribution in [1.82, 2.24) is 14.5 Å². The molecule has 2 aromatic heterocycles. The van der Waals surface area contributed by atoms with E-state index in [0.29, 0.717) is 13.0 Å². The van der Waals surface area contributed by atoms with Gasteiger partial charge in [0.1, 0.15) is 4.83 Å². The number of benzene rings is 1. The van der Waals surface area contributed by atoms with Gasteiger partial charge in [-0.1, -0.05) is 28.1 Å². The number of carbonyl (C=O) groups is 1. The third kappa shape index (κ3) is 3.62. The summed E-state index contributed by atoms with van der Waals surface area (Å²) in [5.41, 5.74) is 2.38. The van der Waals surface area contributed by atoms with Crippen LogP contribution in [0.15, 0.2) is 39.9 Å². The number of hydrogen-bond acceptors (Lipinski definition) is 4. The number of aromatic nitrogens is 2. The van der Waals surface area contributed by atoms with Gasteiger partial charge in [-0.2, -0.15) is 0 Å². The molecule has 0 bridgehead atoms. The lowest BCUT2D eigenvalue weighted by molar-refractivity contribution is -0.132. The topological polar surface area (TPSA) is 55.2 Å². The van der Waals surface area contributed by atoms with E-state index in [0.717, 1.165) is 53.3 Å². The van der Waals surface area contributed by atoms with Crippen molar-refractivity contribution in [2.75, 3.05) is 6.54 Å². The highest BCUT2D eigenvalue weighted by Gasteiger charge is 2.30. The lowest BCUT2D eigenvalue weighted by Gasteiger charge is -2.25. The van der Waals surface area contributed by atoms with Crippen LogP contribution in [0.1, 0.15) is 54.1 Å². The zero-order chi connectivity index (χ0) is 20.7. The van der Waals surface area contributed by atoms with E-state index in [1.54, 1.807) is 22.2 Å². The first-order valence-electron chi connectivity index (χ1n) is 10.7. The molecule has 156 valence electrons. The van der Waals surface area contributed by atoms with E-state index in [9.17, 15) is 9.59 Å². The number of likely N-dealkylation sites (tertiary alicyclic amines) is 1. The van der Waals surface area contributed by atoms with Crippen molar-refractivity contribution in [1.29, 1.82) is 0 Å². The normalized spacial score (nSPS) is 18.7. The summed E-state index contributed by atoms with van der Waals surface area (Å²) in [7, 11) is 0. The van der Waals surface area contributed by atoms with Gasteiger partial charge in [0.05, 0.1) is 17.8 Å². The van der Waals surface area contributed by atoms with Crippen molar-refractivity contribution < 1.29 is 4.79 Å². The maximum Gasteiger partial charge on any atom is 0.262 e. The number of hydrogen-bond donors (Lipinski definition) is 0. The van der Waals surface area contributed by atoms with Crippen molar-refractivity contribution in [3.05, 3.63) is 61.4 Å². The number of carbonyl (C=O) groups excluding carboxylic acids is 1. The quantitative estimate of drug-likeness (QED) is 0.530. The molecule has 30 heavy (non-hydrogen) atoms. The molecule has 1 fully saturated rings. The van der Waals surface area contributed by atoms with Gasteiger partial charge < -0.3 is 4.90 Å². The average Bonchev–Trinajstić information content (AvgIpc) is 3.38. The number of aryl methyl sites for hydroxylation is 3.